The van der Waals surface area contributed by atoms with Gasteiger partial charge in [0.15, 0.2) is 0 Å². The summed E-state index contributed by atoms with van der Waals surface area (Å²) in [5.74, 6) is 1.72. The Morgan fingerprint density at radius 3 is 2.65 bits per heavy atom. The highest BCUT2D eigenvalue weighted by Crippen LogP contribution is 2.23. The minimum absolute atomic E-state index is 0.185. The number of thioether (sulfide) groups is 1. The van der Waals surface area contributed by atoms with Crippen molar-refractivity contribution in [2.75, 3.05) is 18.1 Å². The van der Waals surface area contributed by atoms with Crippen LogP contribution in [0.4, 0.5) is 4.39 Å². The summed E-state index contributed by atoms with van der Waals surface area (Å²) in [5.41, 5.74) is 5.98. The number of nitrogens with one attached hydrogen (secondary N) is 1. The molecule has 1 saturated heterocycles. The molecule has 0 bridgehead atoms. The number of sulfonamides is 1. The molecule has 0 atom stereocenters. The van der Waals surface area contributed by atoms with Crippen LogP contribution in [0.1, 0.15) is 18.4 Å². The highest BCUT2D eigenvalue weighted by atomic mass is 32.2. The molecule has 7 heteroatoms. The monoisotopic (exact) mass is 318 g/mol. The van der Waals surface area contributed by atoms with Gasteiger partial charge in [-0.05, 0) is 48.0 Å². The predicted octanol–water partition coefficient (Wildman–Crippen LogP) is 1.71. The summed E-state index contributed by atoms with van der Waals surface area (Å²) in [5, 5.41) is 0. The molecule has 0 spiro atoms. The van der Waals surface area contributed by atoms with Gasteiger partial charge < -0.3 is 5.73 Å². The van der Waals surface area contributed by atoms with Gasteiger partial charge in [-0.25, -0.2) is 17.5 Å². The Morgan fingerprint density at radius 1 is 1.35 bits per heavy atom. The van der Waals surface area contributed by atoms with Gasteiger partial charge in [0.2, 0.25) is 10.0 Å². The summed E-state index contributed by atoms with van der Waals surface area (Å²) in [4.78, 5) is -0.306. The summed E-state index contributed by atoms with van der Waals surface area (Å²) < 4.78 is 40.6. The topological polar surface area (TPSA) is 72.2 Å². The van der Waals surface area contributed by atoms with Gasteiger partial charge in [-0.3, -0.25) is 0 Å². The number of nitrogens with two attached hydrogens (primary N) is 1. The maximum absolute atomic E-state index is 13.8. The highest BCUT2D eigenvalue weighted by molar-refractivity contribution is 7.99. The molecule has 0 unspecified atom stereocenters. The molecule has 0 aliphatic carbocycles. The largest absolute Gasteiger partial charge is 0.326 e. The van der Waals surface area contributed by atoms with Gasteiger partial charge in [0.05, 0.1) is 0 Å². The van der Waals surface area contributed by atoms with Crippen LogP contribution in [0.2, 0.25) is 0 Å². The fourth-order valence-corrected chi connectivity index (χ4v) is 4.52. The molecule has 20 heavy (non-hydrogen) atoms. The van der Waals surface area contributed by atoms with Crippen LogP contribution in [0.5, 0.6) is 0 Å². The second-order valence-electron chi connectivity index (χ2n) is 4.88. The fourth-order valence-electron chi connectivity index (χ4n) is 2.15. The van der Waals surface area contributed by atoms with Gasteiger partial charge in [-0.1, -0.05) is 6.07 Å². The highest BCUT2D eigenvalue weighted by Gasteiger charge is 2.21. The van der Waals surface area contributed by atoms with Gasteiger partial charge in [-0.15, -0.1) is 0 Å². The van der Waals surface area contributed by atoms with Crippen molar-refractivity contribution in [3.8, 4) is 0 Å². The quantitative estimate of drug-likeness (QED) is 0.867. The van der Waals surface area contributed by atoms with Crippen LogP contribution < -0.4 is 10.5 Å². The number of hydrogen-bond acceptors (Lipinski definition) is 4. The standard InChI is InChI=1S/C13H19FN2O2S2/c14-12-7-11(8-15)1-2-13(12)20(17,18)16-9-10-3-5-19-6-4-10/h1-2,7,10,16H,3-6,8-9,15H2. The van der Waals surface area contributed by atoms with Crippen LogP contribution in [0.3, 0.4) is 0 Å². The molecule has 1 aliphatic heterocycles. The van der Waals surface area contributed by atoms with E-state index in [2.05, 4.69) is 4.72 Å². The molecule has 0 saturated carbocycles. The first-order valence-corrected chi connectivity index (χ1v) is 9.22. The van der Waals surface area contributed by atoms with Gasteiger partial charge in [-0.2, -0.15) is 11.8 Å². The lowest BCUT2D eigenvalue weighted by Gasteiger charge is -2.21. The Bertz CT molecular complexity index is 557. The average Bonchev–Trinajstić information content (AvgIpc) is 2.46. The van der Waals surface area contributed by atoms with Crippen LogP contribution >= 0.6 is 11.8 Å². The van der Waals surface area contributed by atoms with Crippen molar-refractivity contribution in [1.29, 1.82) is 0 Å². The Hall–Kier alpha value is -0.630. The van der Waals surface area contributed by atoms with Crippen LogP contribution in [0.25, 0.3) is 0 Å². The van der Waals surface area contributed by atoms with Crippen molar-refractivity contribution in [3.63, 3.8) is 0 Å². The maximum atomic E-state index is 13.8. The van der Waals surface area contributed by atoms with Crippen LogP contribution in [0.15, 0.2) is 23.1 Å². The third-order valence-corrected chi connectivity index (χ3v) is 5.93. The van der Waals surface area contributed by atoms with Crippen LogP contribution in [-0.4, -0.2) is 26.5 Å². The van der Waals surface area contributed by atoms with Gasteiger partial charge in [0.1, 0.15) is 10.7 Å². The Morgan fingerprint density at radius 2 is 2.05 bits per heavy atom. The minimum atomic E-state index is -3.79. The summed E-state index contributed by atoms with van der Waals surface area (Å²) in [6.07, 6.45) is 2.00. The summed E-state index contributed by atoms with van der Waals surface area (Å²) >= 11 is 1.89. The Balaban J connectivity index is 2.05. The summed E-state index contributed by atoms with van der Waals surface area (Å²) in [6, 6.07) is 3.98. The fraction of sp³-hybridized carbons (Fsp3) is 0.538. The van der Waals surface area contributed by atoms with Crippen molar-refractivity contribution in [3.05, 3.63) is 29.6 Å². The smallest absolute Gasteiger partial charge is 0.243 e. The lowest BCUT2D eigenvalue weighted by atomic mass is 10.0. The molecule has 112 valence electrons. The van der Waals surface area contributed by atoms with Crippen LogP contribution in [0, 0.1) is 11.7 Å². The van der Waals surface area contributed by atoms with E-state index in [0.717, 1.165) is 24.3 Å². The maximum Gasteiger partial charge on any atom is 0.243 e. The first-order chi connectivity index (χ1) is 9.53. The molecule has 3 N–H and O–H groups in total. The third-order valence-electron chi connectivity index (χ3n) is 3.42. The average molecular weight is 318 g/mol. The van der Waals surface area contributed by atoms with E-state index in [1.165, 1.54) is 18.2 Å². The minimum Gasteiger partial charge on any atom is -0.326 e. The van der Waals surface area contributed by atoms with Crippen molar-refractivity contribution in [2.24, 2.45) is 11.7 Å². The molecular formula is C13H19FN2O2S2. The third kappa shape index (κ3) is 3.94. The van der Waals surface area contributed by atoms with E-state index in [-0.39, 0.29) is 11.4 Å². The second kappa shape index (κ2) is 6.89. The summed E-state index contributed by atoms with van der Waals surface area (Å²) in [7, 11) is -3.79. The van der Waals surface area contributed by atoms with E-state index in [4.69, 9.17) is 5.73 Å². The number of halogens is 1. The SMILES string of the molecule is NCc1ccc(S(=O)(=O)NCC2CCSCC2)c(F)c1. The number of benzene rings is 1. The van der Waals surface area contributed by atoms with Crippen molar-refractivity contribution in [1.82, 2.24) is 4.72 Å². The zero-order valence-electron chi connectivity index (χ0n) is 11.1. The summed E-state index contributed by atoms with van der Waals surface area (Å²) in [6.45, 7) is 0.561. The van der Waals surface area contributed by atoms with Crippen molar-refractivity contribution < 1.29 is 12.8 Å². The van der Waals surface area contributed by atoms with Crippen molar-refractivity contribution >= 4 is 21.8 Å². The van der Waals surface area contributed by atoms with Crippen molar-refractivity contribution in [2.45, 2.75) is 24.3 Å². The number of hydrogen-bond donors (Lipinski definition) is 2. The Labute approximate surface area is 123 Å². The predicted molar refractivity (Wildman–Crippen MR) is 79.5 cm³/mol. The lowest BCUT2D eigenvalue weighted by Crippen LogP contribution is -2.31. The first-order valence-electron chi connectivity index (χ1n) is 6.59. The number of rotatable bonds is 5. The van der Waals surface area contributed by atoms with E-state index < -0.39 is 15.8 Å². The molecule has 0 radical (unpaired) electrons. The van der Waals surface area contributed by atoms with E-state index in [9.17, 15) is 12.8 Å². The zero-order valence-corrected chi connectivity index (χ0v) is 12.8. The van der Waals surface area contributed by atoms with Gasteiger partial charge >= 0.3 is 0 Å². The molecule has 2 rings (SSSR count). The van der Waals surface area contributed by atoms with E-state index >= 15 is 0 Å². The molecule has 1 aromatic carbocycles. The molecular weight excluding hydrogens is 299 g/mol. The van der Waals surface area contributed by atoms with Crippen LogP contribution in [-0.2, 0) is 16.6 Å². The van der Waals surface area contributed by atoms with E-state index in [1.807, 2.05) is 11.8 Å². The van der Waals surface area contributed by atoms with E-state index in [0.29, 0.717) is 18.0 Å². The normalized spacial score (nSPS) is 17.3. The Kier molecular flexibility index (Phi) is 5.42. The molecule has 4 nitrogen and oxygen atoms in total. The van der Waals surface area contributed by atoms with E-state index in [1.54, 1.807) is 0 Å². The first kappa shape index (κ1) is 15.8. The molecule has 0 amide bonds. The second-order valence-corrected chi connectivity index (χ2v) is 7.84. The molecule has 1 aliphatic rings. The molecule has 0 aromatic heterocycles. The molecule has 1 fully saturated rings. The van der Waals surface area contributed by atoms with Gasteiger partial charge in [0, 0.05) is 13.1 Å². The molecule has 1 heterocycles. The van der Waals surface area contributed by atoms with Gasteiger partial charge in [0.25, 0.3) is 0 Å². The lowest BCUT2D eigenvalue weighted by molar-refractivity contribution is 0.475. The molecule has 1 aromatic rings. The zero-order chi connectivity index (χ0) is 14.6.